The molecule has 1 heterocycles. The zero-order valence-corrected chi connectivity index (χ0v) is 11.9. The number of rotatable bonds is 3. The van der Waals surface area contributed by atoms with Gasteiger partial charge in [-0.1, -0.05) is 18.5 Å². The van der Waals surface area contributed by atoms with Crippen LogP contribution in [0.4, 0.5) is 5.69 Å². The summed E-state index contributed by atoms with van der Waals surface area (Å²) in [5.41, 5.74) is 0.850. The third-order valence-corrected chi connectivity index (χ3v) is 3.76. The fourth-order valence-corrected chi connectivity index (χ4v) is 2.67. The van der Waals surface area contributed by atoms with Gasteiger partial charge < -0.3 is 10.2 Å². The van der Waals surface area contributed by atoms with Crippen LogP contribution in [0.3, 0.4) is 0 Å². The van der Waals surface area contributed by atoms with Gasteiger partial charge >= 0.3 is 0 Å². The van der Waals surface area contributed by atoms with Crippen LogP contribution in [-0.4, -0.2) is 25.0 Å². The Morgan fingerprint density at radius 3 is 3.06 bits per heavy atom. The van der Waals surface area contributed by atoms with E-state index in [0.717, 1.165) is 29.7 Å². The van der Waals surface area contributed by atoms with Crippen molar-refractivity contribution in [2.45, 2.75) is 19.4 Å². The number of hydrogen-bond acceptors (Lipinski definition) is 2. The van der Waals surface area contributed by atoms with Gasteiger partial charge in [0.15, 0.2) is 0 Å². The van der Waals surface area contributed by atoms with Crippen LogP contribution in [0.2, 0.25) is 5.02 Å². The van der Waals surface area contributed by atoms with Gasteiger partial charge in [0.25, 0.3) is 0 Å². The van der Waals surface area contributed by atoms with E-state index in [0.29, 0.717) is 5.02 Å². The zero-order chi connectivity index (χ0) is 12.4. The lowest BCUT2D eigenvalue weighted by atomic mass is 10.2. The van der Waals surface area contributed by atoms with Gasteiger partial charge in [0, 0.05) is 16.0 Å². The number of benzene rings is 1. The minimum atomic E-state index is -0.0640. The lowest BCUT2D eigenvalue weighted by Crippen LogP contribution is -2.38. The van der Waals surface area contributed by atoms with Crippen LogP contribution in [-0.2, 0) is 4.79 Å². The van der Waals surface area contributed by atoms with E-state index in [9.17, 15) is 4.79 Å². The average Bonchev–Trinajstić information content (AvgIpc) is 2.65. The predicted octanol–water partition coefficient (Wildman–Crippen LogP) is 2.82. The summed E-state index contributed by atoms with van der Waals surface area (Å²) in [7, 11) is 0. The summed E-state index contributed by atoms with van der Waals surface area (Å²) in [6, 6.07) is 5.42. The molecule has 1 aliphatic rings. The molecule has 1 aromatic rings. The maximum absolute atomic E-state index is 12.2. The van der Waals surface area contributed by atoms with Crippen LogP contribution >= 0.6 is 27.5 Å². The van der Waals surface area contributed by atoms with Crippen molar-refractivity contribution in [3.63, 3.8) is 0 Å². The van der Waals surface area contributed by atoms with Crippen molar-refractivity contribution in [1.29, 1.82) is 0 Å². The molecule has 0 radical (unpaired) electrons. The molecule has 5 heteroatoms. The number of halogens is 2. The molecule has 0 aliphatic carbocycles. The number of carbonyl (C=O) groups excluding carboxylic acids is 1. The van der Waals surface area contributed by atoms with E-state index in [1.807, 2.05) is 19.1 Å². The van der Waals surface area contributed by atoms with Gasteiger partial charge in [-0.2, -0.15) is 0 Å². The first-order valence-corrected chi connectivity index (χ1v) is 6.80. The molecule has 0 saturated carbocycles. The summed E-state index contributed by atoms with van der Waals surface area (Å²) in [6.45, 7) is 3.54. The summed E-state index contributed by atoms with van der Waals surface area (Å²) in [5.74, 6) is 0.120. The number of nitrogens with one attached hydrogen (secondary N) is 1. The first-order valence-electron chi connectivity index (χ1n) is 5.63. The lowest BCUT2D eigenvalue weighted by Gasteiger charge is -2.18. The third-order valence-electron chi connectivity index (χ3n) is 2.86. The first-order chi connectivity index (χ1) is 8.13. The second kappa shape index (κ2) is 5.38. The summed E-state index contributed by atoms with van der Waals surface area (Å²) >= 11 is 9.42. The third kappa shape index (κ3) is 2.64. The summed E-state index contributed by atoms with van der Waals surface area (Å²) < 4.78 is 0.896. The van der Waals surface area contributed by atoms with Gasteiger partial charge in [-0.05, 0) is 47.1 Å². The van der Waals surface area contributed by atoms with Crippen LogP contribution in [0.1, 0.15) is 13.3 Å². The second-order valence-electron chi connectivity index (χ2n) is 3.98. The van der Waals surface area contributed by atoms with Crippen molar-refractivity contribution in [3.05, 3.63) is 27.7 Å². The van der Waals surface area contributed by atoms with Gasteiger partial charge in [0.05, 0.1) is 11.7 Å². The van der Waals surface area contributed by atoms with Gasteiger partial charge in [-0.3, -0.25) is 4.79 Å². The number of amides is 1. The summed E-state index contributed by atoms with van der Waals surface area (Å²) in [4.78, 5) is 13.9. The Morgan fingerprint density at radius 2 is 2.35 bits per heavy atom. The predicted molar refractivity (Wildman–Crippen MR) is 73.6 cm³/mol. The fraction of sp³-hybridized carbons (Fsp3) is 0.417. The van der Waals surface area contributed by atoms with Crippen molar-refractivity contribution in [2.24, 2.45) is 0 Å². The normalized spacial score (nSPS) is 20.1. The standard InChI is InChI=1S/C12H14BrClN2O/c1-2-15-10-5-6-16(12(10)17)11-7-8(14)3-4-9(11)13/h3-4,7,10,15H,2,5-6H2,1H3. The van der Waals surface area contributed by atoms with E-state index in [2.05, 4.69) is 21.2 Å². The highest BCUT2D eigenvalue weighted by Gasteiger charge is 2.32. The number of likely N-dealkylation sites (N-methyl/N-ethyl adjacent to an activating group) is 1. The minimum absolute atomic E-state index is 0.0640. The minimum Gasteiger partial charge on any atom is -0.310 e. The van der Waals surface area contributed by atoms with E-state index in [-0.39, 0.29) is 11.9 Å². The molecule has 1 atom stereocenters. The van der Waals surface area contributed by atoms with Crippen molar-refractivity contribution >= 4 is 39.1 Å². The number of nitrogens with zero attached hydrogens (tertiary/aromatic N) is 1. The maximum Gasteiger partial charge on any atom is 0.244 e. The molecule has 0 aromatic heterocycles. The Bertz CT molecular complexity index is 439. The van der Waals surface area contributed by atoms with Crippen LogP contribution in [0.25, 0.3) is 0 Å². The molecule has 1 N–H and O–H groups in total. The highest BCUT2D eigenvalue weighted by Crippen LogP contribution is 2.32. The molecule has 17 heavy (non-hydrogen) atoms. The number of anilines is 1. The highest BCUT2D eigenvalue weighted by atomic mass is 79.9. The first kappa shape index (κ1) is 12.9. The topological polar surface area (TPSA) is 32.3 Å². The number of carbonyl (C=O) groups is 1. The van der Waals surface area contributed by atoms with Crippen LogP contribution < -0.4 is 10.2 Å². The van der Waals surface area contributed by atoms with Crippen molar-refractivity contribution in [2.75, 3.05) is 18.0 Å². The van der Waals surface area contributed by atoms with E-state index >= 15 is 0 Å². The molecular weight excluding hydrogens is 304 g/mol. The Morgan fingerprint density at radius 1 is 1.59 bits per heavy atom. The molecule has 1 aromatic carbocycles. The molecule has 2 rings (SSSR count). The monoisotopic (exact) mass is 316 g/mol. The zero-order valence-electron chi connectivity index (χ0n) is 9.54. The largest absolute Gasteiger partial charge is 0.310 e. The van der Waals surface area contributed by atoms with Crippen LogP contribution in [0, 0.1) is 0 Å². The Hall–Kier alpha value is -0.580. The van der Waals surface area contributed by atoms with Crippen molar-refractivity contribution in [3.8, 4) is 0 Å². The Kier molecular flexibility index (Phi) is 4.07. The smallest absolute Gasteiger partial charge is 0.244 e. The van der Waals surface area contributed by atoms with Gasteiger partial charge in [-0.25, -0.2) is 0 Å². The average molecular weight is 318 g/mol. The maximum atomic E-state index is 12.2. The molecule has 0 bridgehead atoms. The molecule has 92 valence electrons. The summed E-state index contributed by atoms with van der Waals surface area (Å²) in [6.07, 6.45) is 0.839. The van der Waals surface area contributed by atoms with Gasteiger partial charge in [0.1, 0.15) is 0 Å². The van der Waals surface area contributed by atoms with Gasteiger partial charge in [-0.15, -0.1) is 0 Å². The molecule has 3 nitrogen and oxygen atoms in total. The molecule has 1 amide bonds. The van der Waals surface area contributed by atoms with Crippen molar-refractivity contribution in [1.82, 2.24) is 5.32 Å². The second-order valence-corrected chi connectivity index (χ2v) is 5.28. The SMILES string of the molecule is CCNC1CCN(c2cc(Cl)ccc2Br)C1=O. The van der Waals surface area contributed by atoms with E-state index in [1.54, 1.807) is 11.0 Å². The lowest BCUT2D eigenvalue weighted by molar-refractivity contribution is -0.118. The molecule has 1 unspecified atom stereocenters. The molecule has 1 saturated heterocycles. The van der Waals surface area contributed by atoms with Crippen LogP contribution in [0.5, 0.6) is 0 Å². The molecule has 1 aliphatic heterocycles. The highest BCUT2D eigenvalue weighted by molar-refractivity contribution is 9.10. The molecule has 0 spiro atoms. The fourth-order valence-electron chi connectivity index (χ4n) is 2.05. The van der Waals surface area contributed by atoms with E-state index < -0.39 is 0 Å². The summed E-state index contributed by atoms with van der Waals surface area (Å²) in [5, 5.41) is 3.83. The Balaban J connectivity index is 2.24. The van der Waals surface area contributed by atoms with Crippen LogP contribution in [0.15, 0.2) is 22.7 Å². The van der Waals surface area contributed by atoms with Crippen molar-refractivity contribution < 1.29 is 4.79 Å². The quantitative estimate of drug-likeness (QED) is 0.930. The van der Waals surface area contributed by atoms with Gasteiger partial charge in [0.2, 0.25) is 5.91 Å². The van der Waals surface area contributed by atoms with E-state index in [4.69, 9.17) is 11.6 Å². The molecular formula is C12H14BrClN2O. The van der Waals surface area contributed by atoms with E-state index in [1.165, 1.54) is 0 Å². The number of hydrogen-bond donors (Lipinski definition) is 1. The Labute approximate surface area is 114 Å². The molecule has 1 fully saturated rings.